The minimum atomic E-state index is -3.48. The highest BCUT2D eigenvalue weighted by atomic mass is 32.2. The first kappa shape index (κ1) is 13.7. The third kappa shape index (κ3) is 3.19. The van der Waals surface area contributed by atoms with E-state index in [0.29, 0.717) is 4.90 Å². The summed E-state index contributed by atoms with van der Waals surface area (Å²) in [5.74, 6) is 0. The van der Waals surface area contributed by atoms with Gasteiger partial charge in [0.2, 0.25) is 10.0 Å². The first-order valence-electron chi connectivity index (χ1n) is 5.95. The topological polar surface area (TPSA) is 59.1 Å². The van der Waals surface area contributed by atoms with Crippen molar-refractivity contribution < 1.29 is 8.42 Å². The van der Waals surface area contributed by atoms with Gasteiger partial charge in [-0.2, -0.15) is 0 Å². The lowest BCUT2D eigenvalue weighted by Crippen LogP contribution is -2.24. The summed E-state index contributed by atoms with van der Waals surface area (Å²) in [7, 11) is -3.48. The number of pyridine rings is 1. The van der Waals surface area contributed by atoms with Crippen LogP contribution in [0.25, 0.3) is 0 Å². The van der Waals surface area contributed by atoms with Gasteiger partial charge in [0.1, 0.15) is 0 Å². The van der Waals surface area contributed by atoms with Crippen molar-refractivity contribution in [3.8, 4) is 0 Å². The number of hydrogen-bond donors (Lipinski definition) is 1. The van der Waals surface area contributed by atoms with Crippen molar-refractivity contribution in [2.75, 3.05) is 0 Å². The van der Waals surface area contributed by atoms with E-state index in [9.17, 15) is 8.42 Å². The normalized spacial score (nSPS) is 11.5. The summed E-state index contributed by atoms with van der Waals surface area (Å²) < 4.78 is 27.0. The molecule has 0 aliphatic carbocycles. The minimum Gasteiger partial charge on any atom is -0.264 e. The molecule has 0 radical (unpaired) electrons. The van der Waals surface area contributed by atoms with E-state index < -0.39 is 10.0 Å². The predicted molar refractivity (Wildman–Crippen MR) is 74.2 cm³/mol. The van der Waals surface area contributed by atoms with Gasteiger partial charge in [0.15, 0.2) is 0 Å². The molecule has 0 aliphatic heterocycles. The number of benzene rings is 1. The Morgan fingerprint density at radius 2 is 1.84 bits per heavy atom. The fourth-order valence-corrected chi connectivity index (χ4v) is 3.06. The molecule has 0 saturated carbocycles. The Labute approximate surface area is 113 Å². The van der Waals surface area contributed by atoms with Crippen molar-refractivity contribution in [3.63, 3.8) is 0 Å². The van der Waals surface area contributed by atoms with E-state index in [0.717, 1.165) is 16.7 Å². The fraction of sp³-hybridized carbons (Fsp3) is 0.214. The van der Waals surface area contributed by atoms with E-state index in [1.165, 1.54) is 0 Å². The highest BCUT2D eigenvalue weighted by Crippen LogP contribution is 2.14. The van der Waals surface area contributed by atoms with Crippen LogP contribution in [0.5, 0.6) is 0 Å². The molecule has 1 aromatic carbocycles. The van der Waals surface area contributed by atoms with Gasteiger partial charge in [-0.15, -0.1) is 0 Å². The van der Waals surface area contributed by atoms with Crippen LogP contribution in [0.15, 0.2) is 47.6 Å². The van der Waals surface area contributed by atoms with Gasteiger partial charge >= 0.3 is 0 Å². The Morgan fingerprint density at radius 1 is 1.11 bits per heavy atom. The second-order valence-electron chi connectivity index (χ2n) is 4.39. The molecule has 0 saturated heterocycles. The van der Waals surface area contributed by atoms with Crippen LogP contribution in [-0.4, -0.2) is 13.4 Å². The van der Waals surface area contributed by atoms with Crippen LogP contribution in [0.1, 0.15) is 16.7 Å². The van der Waals surface area contributed by atoms with E-state index in [-0.39, 0.29) is 6.54 Å². The second kappa shape index (κ2) is 5.50. The maximum atomic E-state index is 12.2. The van der Waals surface area contributed by atoms with Crippen LogP contribution in [0.4, 0.5) is 0 Å². The highest BCUT2D eigenvalue weighted by Gasteiger charge is 2.15. The Kier molecular flexibility index (Phi) is 3.97. The summed E-state index contributed by atoms with van der Waals surface area (Å²) >= 11 is 0. The van der Waals surface area contributed by atoms with Gasteiger partial charge in [0.05, 0.1) is 4.90 Å². The molecule has 0 spiro atoms. The number of nitrogens with one attached hydrogen (secondary N) is 1. The highest BCUT2D eigenvalue weighted by molar-refractivity contribution is 7.89. The molecule has 0 bridgehead atoms. The quantitative estimate of drug-likeness (QED) is 0.931. The van der Waals surface area contributed by atoms with Gasteiger partial charge in [-0.3, -0.25) is 4.98 Å². The number of rotatable bonds is 4. The van der Waals surface area contributed by atoms with E-state index in [1.54, 1.807) is 37.5 Å². The SMILES string of the molecule is Cc1cnccc1CNS(=O)(=O)c1ccccc1C. The second-order valence-corrected chi connectivity index (χ2v) is 6.13. The van der Waals surface area contributed by atoms with Gasteiger partial charge < -0.3 is 0 Å². The van der Waals surface area contributed by atoms with Gasteiger partial charge in [0, 0.05) is 18.9 Å². The van der Waals surface area contributed by atoms with Crippen molar-refractivity contribution in [2.24, 2.45) is 0 Å². The molecule has 0 fully saturated rings. The molecule has 0 aliphatic rings. The van der Waals surface area contributed by atoms with E-state index in [1.807, 2.05) is 19.1 Å². The first-order valence-corrected chi connectivity index (χ1v) is 7.44. The predicted octanol–water partition coefficient (Wildman–Crippen LogP) is 2.18. The standard InChI is InChI=1S/C14H16N2O2S/c1-11-5-3-4-6-14(11)19(17,18)16-10-13-7-8-15-9-12(13)2/h3-9,16H,10H2,1-2H3. The molecule has 1 N–H and O–H groups in total. The van der Waals surface area contributed by atoms with E-state index in [2.05, 4.69) is 9.71 Å². The molecule has 0 atom stereocenters. The first-order chi connectivity index (χ1) is 9.00. The number of aryl methyl sites for hydroxylation is 2. The molecule has 4 nitrogen and oxygen atoms in total. The van der Waals surface area contributed by atoms with Gasteiger partial charge in [-0.1, -0.05) is 18.2 Å². The van der Waals surface area contributed by atoms with Crippen LogP contribution < -0.4 is 4.72 Å². The number of aromatic nitrogens is 1. The van der Waals surface area contributed by atoms with Gasteiger partial charge in [0.25, 0.3) is 0 Å². The molecular weight excluding hydrogens is 260 g/mol. The minimum absolute atomic E-state index is 0.269. The summed E-state index contributed by atoms with van der Waals surface area (Å²) in [5, 5.41) is 0. The zero-order valence-electron chi connectivity index (χ0n) is 10.9. The molecule has 19 heavy (non-hydrogen) atoms. The summed E-state index contributed by atoms with van der Waals surface area (Å²) in [5.41, 5.74) is 2.63. The molecule has 2 rings (SSSR count). The summed E-state index contributed by atoms with van der Waals surface area (Å²) in [4.78, 5) is 4.31. The van der Waals surface area contributed by atoms with Crippen molar-refractivity contribution >= 4 is 10.0 Å². The lowest BCUT2D eigenvalue weighted by Gasteiger charge is -2.10. The molecule has 100 valence electrons. The maximum Gasteiger partial charge on any atom is 0.241 e. The molecule has 2 aromatic rings. The van der Waals surface area contributed by atoms with Gasteiger partial charge in [-0.25, -0.2) is 13.1 Å². The average Bonchev–Trinajstić information content (AvgIpc) is 2.38. The molecular formula is C14H16N2O2S. The lowest BCUT2D eigenvalue weighted by molar-refractivity contribution is 0.580. The number of hydrogen-bond acceptors (Lipinski definition) is 3. The third-order valence-electron chi connectivity index (χ3n) is 2.97. The van der Waals surface area contributed by atoms with Crippen molar-refractivity contribution in [1.82, 2.24) is 9.71 Å². The van der Waals surface area contributed by atoms with Crippen LogP contribution in [0.2, 0.25) is 0 Å². The number of sulfonamides is 1. The summed E-state index contributed by atoms with van der Waals surface area (Å²) in [6, 6.07) is 8.75. The molecule has 0 amide bonds. The van der Waals surface area contributed by atoms with E-state index in [4.69, 9.17) is 0 Å². The smallest absolute Gasteiger partial charge is 0.241 e. The van der Waals surface area contributed by atoms with Crippen LogP contribution in [-0.2, 0) is 16.6 Å². The summed E-state index contributed by atoms with van der Waals surface area (Å²) in [6.07, 6.45) is 3.38. The van der Waals surface area contributed by atoms with Crippen LogP contribution >= 0.6 is 0 Å². The third-order valence-corrected chi connectivity index (χ3v) is 4.53. The molecule has 1 heterocycles. The van der Waals surface area contributed by atoms with Crippen LogP contribution in [0.3, 0.4) is 0 Å². The Hall–Kier alpha value is -1.72. The zero-order valence-corrected chi connectivity index (χ0v) is 11.7. The zero-order chi connectivity index (χ0) is 13.9. The average molecular weight is 276 g/mol. The Bertz CT molecular complexity index is 681. The molecule has 1 aromatic heterocycles. The largest absolute Gasteiger partial charge is 0.264 e. The maximum absolute atomic E-state index is 12.2. The van der Waals surface area contributed by atoms with Crippen molar-refractivity contribution in [3.05, 3.63) is 59.4 Å². The summed E-state index contributed by atoms with van der Waals surface area (Å²) in [6.45, 7) is 3.96. The lowest BCUT2D eigenvalue weighted by atomic mass is 10.2. The van der Waals surface area contributed by atoms with Crippen molar-refractivity contribution in [2.45, 2.75) is 25.3 Å². The number of nitrogens with zero attached hydrogens (tertiary/aromatic N) is 1. The van der Waals surface area contributed by atoms with Crippen LogP contribution in [0, 0.1) is 13.8 Å². The Morgan fingerprint density at radius 3 is 2.53 bits per heavy atom. The van der Waals surface area contributed by atoms with Crippen molar-refractivity contribution in [1.29, 1.82) is 0 Å². The van der Waals surface area contributed by atoms with E-state index >= 15 is 0 Å². The van der Waals surface area contributed by atoms with Gasteiger partial charge in [-0.05, 0) is 42.7 Å². The monoisotopic (exact) mass is 276 g/mol. The fourth-order valence-electron chi connectivity index (χ4n) is 1.81. The molecule has 5 heteroatoms. The Balaban J connectivity index is 2.20. The molecule has 0 unspecified atom stereocenters.